The van der Waals surface area contributed by atoms with Crippen molar-refractivity contribution in [3.8, 4) is 0 Å². The lowest BCUT2D eigenvalue weighted by Gasteiger charge is -2.22. The summed E-state index contributed by atoms with van der Waals surface area (Å²) in [6.07, 6.45) is 0. The topological polar surface area (TPSA) is 104 Å². The molecule has 2 amide bonds. The van der Waals surface area contributed by atoms with Gasteiger partial charge in [-0.2, -0.15) is 0 Å². The van der Waals surface area contributed by atoms with Gasteiger partial charge in [0.25, 0.3) is 5.91 Å². The molecule has 0 aromatic heterocycles. The molecule has 31 heavy (non-hydrogen) atoms. The lowest BCUT2D eigenvalue weighted by Crippen LogP contribution is -2.50. The fourth-order valence-corrected chi connectivity index (χ4v) is 4.28. The van der Waals surface area contributed by atoms with Gasteiger partial charge in [-0.25, -0.2) is 17.5 Å². The van der Waals surface area contributed by atoms with Crippen molar-refractivity contribution in [1.29, 1.82) is 0 Å². The Morgan fingerprint density at radius 3 is 2.26 bits per heavy atom. The second kappa shape index (κ2) is 10.5. The SMILES string of the molecule is Cc1ccc(C)c(S(=O)(=O)NCCNC(=O)C(NC(=O)c2ccc(F)cc2)C(C)C)c1. The van der Waals surface area contributed by atoms with Gasteiger partial charge >= 0.3 is 0 Å². The monoisotopic (exact) mass is 449 g/mol. The molecule has 0 aliphatic carbocycles. The highest BCUT2D eigenvalue weighted by Gasteiger charge is 2.24. The summed E-state index contributed by atoms with van der Waals surface area (Å²) in [7, 11) is -3.71. The maximum atomic E-state index is 13.0. The van der Waals surface area contributed by atoms with Gasteiger partial charge in [0.2, 0.25) is 15.9 Å². The number of nitrogens with one attached hydrogen (secondary N) is 3. The Hall–Kier alpha value is -2.78. The number of carbonyl (C=O) groups excluding carboxylic acids is 2. The Bertz CT molecular complexity index is 1040. The summed E-state index contributed by atoms with van der Waals surface area (Å²) in [5.41, 5.74) is 1.70. The Morgan fingerprint density at radius 2 is 1.65 bits per heavy atom. The Morgan fingerprint density at radius 1 is 1.00 bits per heavy atom. The van der Waals surface area contributed by atoms with Crippen molar-refractivity contribution in [3.05, 3.63) is 65.0 Å². The third-order valence-corrected chi connectivity index (χ3v) is 6.29. The van der Waals surface area contributed by atoms with Crippen LogP contribution in [0.3, 0.4) is 0 Å². The molecule has 0 aliphatic rings. The summed E-state index contributed by atoms with van der Waals surface area (Å²) in [6, 6.07) is 9.35. The Balaban J connectivity index is 1.92. The van der Waals surface area contributed by atoms with E-state index < -0.39 is 33.7 Å². The van der Waals surface area contributed by atoms with E-state index in [0.29, 0.717) is 5.56 Å². The number of aryl methyl sites for hydroxylation is 2. The van der Waals surface area contributed by atoms with Crippen molar-refractivity contribution in [3.63, 3.8) is 0 Å². The van der Waals surface area contributed by atoms with E-state index in [1.54, 1.807) is 32.9 Å². The molecule has 1 atom stereocenters. The minimum absolute atomic E-state index is 0.00181. The molecule has 7 nitrogen and oxygen atoms in total. The molecule has 0 saturated carbocycles. The molecule has 168 valence electrons. The molecule has 3 N–H and O–H groups in total. The lowest BCUT2D eigenvalue weighted by atomic mass is 10.0. The Labute approximate surface area is 182 Å². The summed E-state index contributed by atoms with van der Waals surface area (Å²) in [5, 5.41) is 5.28. The molecule has 0 radical (unpaired) electrons. The Kier molecular flexibility index (Phi) is 8.29. The molecule has 0 saturated heterocycles. The van der Waals surface area contributed by atoms with Gasteiger partial charge in [-0.15, -0.1) is 0 Å². The minimum atomic E-state index is -3.71. The van der Waals surface area contributed by atoms with Crippen molar-refractivity contribution in [1.82, 2.24) is 15.4 Å². The van der Waals surface area contributed by atoms with Gasteiger partial charge < -0.3 is 10.6 Å². The lowest BCUT2D eigenvalue weighted by molar-refractivity contribution is -0.123. The van der Waals surface area contributed by atoms with Crippen LogP contribution >= 0.6 is 0 Å². The second-order valence-corrected chi connectivity index (χ2v) is 9.40. The van der Waals surface area contributed by atoms with Crippen molar-refractivity contribution < 1.29 is 22.4 Å². The number of sulfonamides is 1. The minimum Gasteiger partial charge on any atom is -0.353 e. The van der Waals surface area contributed by atoms with E-state index in [0.717, 1.165) is 5.56 Å². The molecule has 9 heteroatoms. The van der Waals surface area contributed by atoms with Crippen LogP contribution in [0.2, 0.25) is 0 Å². The van der Waals surface area contributed by atoms with Gasteiger partial charge in [0.1, 0.15) is 11.9 Å². The number of rotatable bonds is 9. The average Bonchev–Trinajstić information content (AvgIpc) is 2.71. The quantitative estimate of drug-likeness (QED) is 0.511. The van der Waals surface area contributed by atoms with Gasteiger partial charge in [-0.1, -0.05) is 26.0 Å². The van der Waals surface area contributed by atoms with Crippen LogP contribution in [-0.2, 0) is 14.8 Å². The van der Waals surface area contributed by atoms with Gasteiger partial charge in [-0.05, 0) is 61.2 Å². The van der Waals surface area contributed by atoms with Gasteiger partial charge in [0, 0.05) is 18.7 Å². The highest BCUT2D eigenvalue weighted by Crippen LogP contribution is 2.16. The molecule has 2 rings (SSSR count). The number of amides is 2. The smallest absolute Gasteiger partial charge is 0.251 e. The number of halogens is 1. The number of hydrogen-bond donors (Lipinski definition) is 3. The third kappa shape index (κ3) is 6.86. The van der Waals surface area contributed by atoms with Gasteiger partial charge in [0.15, 0.2) is 0 Å². The van der Waals surface area contributed by atoms with Crippen LogP contribution in [0.5, 0.6) is 0 Å². The molecular formula is C22H28FN3O4S. The zero-order chi connectivity index (χ0) is 23.2. The van der Waals surface area contributed by atoms with Crippen LogP contribution < -0.4 is 15.4 Å². The molecule has 0 aliphatic heterocycles. The fourth-order valence-electron chi connectivity index (χ4n) is 2.92. The van der Waals surface area contributed by atoms with Crippen molar-refractivity contribution in [2.45, 2.75) is 38.6 Å². The molecule has 0 spiro atoms. The first kappa shape index (κ1) is 24.5. The maximum absolute atomic E-state index is 13.0. The number of benzene rings is 2. The first-order chi connectivity index (χ1) is 14.5. The van der Waals surface area contributed by atoms with Crippen LogP contribution in [0.15, 0.2) is 47.4 Å². The predicted octanol–water partition coefficient (Wildman–Crippen LogP) is 2.29. The van der Waals surface area contributed by atoms with E-state index in [1.165, 1.54) is 24.3 Å². The van der Waals surface area contributed by atoms with Crippen LogP contribution in [0.1, 0.15) is 35.3 Å². The highest BCUT2D eigenvalue weighted by atomic mass is 32.2. The van der Waals surface area contributed by atoms with E-state index >= 15 is 0 Å². The summed E-state index contributed by atoms with van der Waals surface area (Å²) in [4.78, 5) is 25.1. The first-order valence-electron chi connectivity index (χ1n) is 9.92. The van der Waals surface area contributed by atoms with Crippen LogP contribution in [0.25, 0.3) is 0 Å². The molecule has 2 aromatic rings. The first-order valence-corrected chi connectivity index (χ1v) is 11.4. The normalized spacial score (nSPS) is 12.5. The van der Waals surface area contributed by atoms with E-state index in [4.69, 9.17) is 0 Å². The number of carbonyl (C=O) groups is 2. The van der Waals surface area contributed by atoms with Crippen molar-refractivity contribution >= 4 is 21.8 Å². The van der Waals surface area contributed by atoms with E-state index in [2.05, 4.69) is 15.4 Å². The summed E-state index contributed by atoms with van der Waals surface area (Å²) >= 11 is 0. The maximum Gasteiger partial charge on any atom is 0.251 e. The van der Waals surface area contributed by atoms with E-state index in [1.807, 2.05) is 13.0 Å². The second-order valence-electron chi connectivity index (χ2n) is 7.66. The zero-order valence-corrected chi connectivity index (χ0v) is 18.8. The van der Waals surface area contributed by atoms with Crippen LogP contribution in [0, 0.1) is 25.6 Å². The molecule has 1 unspecified atom stereocenters. The average molecular weight is 450 g/mol. The fraction of sp³-hybridized carbons (Fsp3) is 0.364. The van der Waals surface area contributed by atoms with Crippen LogP contribution in [0.4, 0.5) is 4.39 Å². The molecular weight excluding hydrogens is 421 g/mol. The number of hydrogen-bond acceptors (Lipinski definition) is 4. The van der Waals surface area contributed by atoms with Crippen LogP contribution in [-0.4, -0.2) is 39.4 Å². The third-order valence-electron chi connectivity index (χ3n) is 4.69. The summed E-state index contributed by atoms with van der Waals surface area (Å²) in [5.74, 6) is -1.60. The highest BCUT2D eigenvalue weighted by molar-refractivity contribution is 7.89. The molecule has 2 aromatic carbocycles. The summed E-state index contributed by atoms with van der Waals surface area (Å²) < 4.78 is 40.5. The van der Waals surface area contributed by atoms with Gasteiger partial charge in [-0.3, -0.25) is 9.59 Å². The van der Waals surface area contributed by atoms with Crippen molar-refractivity contribution in [2.24, 2.45) is 5.92 Å². The van der Waals surface area contributed by atoms with Gasteiger partial charge in [0.05, 0.1) is 4.90 Å². The zero-order valence-electron chi connectivity index (χ0n) is 18.0. The van der Waals surface area contributed by atoms with E-state index in [9.17, 15) is 22.4 Å². The molecule has 0 bridgehead atoms. The van der Waals surface area contributed by atoms with Crippen molar-refractivity contribution in [2.75, 3.05) is 13.1 Å². The summed E-state index contributed by atoms with van der Waals surface area (Å²) in [6.45, 7) is 7.13. The predicted molar refractivity (Wildman–Crippen MR) is 117 cm³/mol. The molecule has 0 fully saturated rings. The largest absolute Gasteiger partial charge is 0.353 e. The molecule has 0 heterocycles. The van der Waals surface area contributed by atoms with E-state index in [-0.39, 0.29) is 29.5 Å². The standard InChI is InChI=1S/C22H28FN3O4S/c1-14(2)20(26-21(27)17-7-9-18(23)10-8-17)22(28)24-11-12-25-31(29,30)19-13-15(3)5-6-16(19)4/h5-10,13-14,20,25H,11-12H2,1-4H3,(H,24,28)(H,26,27).